The zero-order valence-corrected chi connectivity index (χ0v) is 18.6. The fourth-order valence-corrected chi connectivity index (χ4v) is 2.70. The molecular formula is C21H33N7O5. The predicted molar refractivity (Wildman–Crippen MR) is 127 cm³/mol. The van der Waals surface area contributed by atoms with Gasteiger partial charge in [0.2, 0.25) is 12.7 Å². The summed E-state index contributed by atoms with van der Waals surface area (Å²) in [6, 6.07) is 10.6. The summed E-state index contributed by atoms with van der Waals surface area (Å²) in [5.74, 6) is 0.730. The van der Waals surface area contributed by atoms with Crippen molar-refractivity contribution in [1.29, 1.82) is 0 Å². The van der Waals surface area contributed by atoms with Gasteiger partial charge in [-0.15, -0.1) is 0 Å². The van der Waals surface area contributed by atoms with E-state index < -0.39 is 0 Å². The highest BCUT2D eigenvalue weighted by Crippen LogP contribution is 2.19. The number of likely N-dealkylation sites (tertiary alicyclic amines) is 1. The van der Waals surface area contributed by atoms with Gasteiger partial charge < -0.3 is 47.7 Å². The molecule has 0 bridgehead atoms. The number of hydrogen-bond donors (Lipinski definition) is 6. The average molecular weight is 464 g/mol. The zero-order chi connectivity index (χ0) is 24.6. The Morgan fingerprint density at radius 1 is 1.24 bits per heavy atom. The quantitative estimate of drug-likeness (QED) is 0.139. The number of ether oxygens (including phenoxy) is 2. The van der Waals surface area contributed by atoms with E-state index in [1.54, 1.807) is 36.4 Å². The summed E-state index contributed by atoms with van der Waals surface area (Å²) in [7, 11) is 2.06. The third-order valence-corrected chi connectivity index (χ3v) is 4.56. The molecule has 1 fully saturated rings. The van der Waals surface area contributed by atoms with Crippen LogP contribution in [0.4, 0.5) is 23.0 Å². The molecule has 12 heteroatoms. The molecule has 2 aromatic rings. The van der Waals surface area contributed by atoms with Gasteiger partial charge in [0, 0.05) is 6.04 Å². The lowest BCUT2D eigenvalue weighted by atomic mass is 10.2. The van der Waals surface area contributed by atoms with Crippen LogP contribution in [0.15, 0.2) is 36.4 Å². The van der Waals surface area contributed by atoms with Gasteiger partial charge in [-0.05, 0) is 50.7 Å². The van der Waals surface area contributed by atoms with Gasteiger partial charge in [0.05, 0.1) is 24.5 Å². The van der Waals surface area contributed by atoms with Crippen molar-refractivity contribution in [1.82, 2.24) is 9.88 Å². The van der Waals surface area contributed by atoms with Crippen LogP contribution in [-0.4, -0.2) is 66.9 Å². The first-order chi connectivity index (χ1) is 15.8. The third-order valence-electron chi connectivity index (χ3n) is 4.56. The fourth-order valence-electron chi connectivity index (χ4n) is 2.70. The Balaban J connectivity index is 0.000000254. The normalized spacial score (nSPS) is 14.7. The van der Waals surface area contributed by atoms with Crippen LogP contribution in [0.2, 0.25) is 0 Å². The van der Waals surface area contributed by atoms with Gasteiger partial charge in [-0.25, -0.2) is 4.98 Å². The molecule has 1 aliphatic heterocycles. The van der Waals surface area contributed by atoms with Crippen molar-refractivity contribution in [2.75, 3.05) is 56.1 Å². The maximum atomic E-state index is 10.8. The second-order valence-corrected chi connectivity index (χ2v) is 6.95. The van der Waals surface area contributed by atoms with Gasteiger partial charge in [-0.3, -0.25) is 9.59 Å². The van der Waals surface area contributed by atoms with Crippen molar-refractivity contribution < 1.29 is 24.2 Å². The van der Waals surface area contributed by atoms with E-state index in [-0.39, 0.29) is 25.1 Å². The van der Waals surface area contributed by atoms with Crippen molar-refractivity contribution in [3.63, 3.8) is 0 Å². The monoisotopic (exact) mass is 463 g/mol. The molecule has 1 aliphatic rings. The molecule has 10 N–H and O–H groups in total. The molecule has 3 rings (SSSR count). The number of amides is 1. The van der Waals surface area contributed by atoms with E-state index >= 15 is 0 Å². The van der Waals surface area contributed by atoms with Crippen molar-refractivity contribution in [2.24, 2.45) is 5.73 Å². The van der Waals surface area contributed by atoms with Crippen LogP contribution >= 0.6 is 0 Å². The van der Waals surface area contributed by atoms with Crippen molar-refractivity contribution >= 4 is 35.4 Å². The number of likely N-dealkylation sites (N-methyl/N-ethyl adjacent to an activating group) is 1. The highest BCUT2D eigenvalue weighted by molar-refractivity contribution is 5.91. The number of nitrogen functional groups attached to an aromatic ring is 3. The molecule has 1 atom stereocenters. The molecule has 182 valence electrons. The molecule has 0 radical (unpaired) electrons. The summed E-state index contributed by atoms with van der Waals surface area (Å²) in [6.07, 6.45) is 2.43. The Labute approximate surface area is 192 Å². The summed E-state index contributed by atoms with van der Waals surface area (Å²) >= 11 is 0. The van der Waals surface area contributed by atoms with E-state index in [2.05, 4.69) is 27.0 Å². The molecule has 0 saturated carbocycles. The summed E-state index contributed by atoms with van der Waals surface area (Å²) < 4.78 is 9.33. The molecule has 0 aliphatic carbocycles. The largest absolute Gasteiger partial charge is 0.455 e. The number of aliphatic hydroxyl groups is 1. The van der Waals surface area contributed by atoms with Crippen LogP contribution in [0.5, 0.6) is 5.75 Å². The van der Waals surface area contributed by atoms with Gasteiger partial charge in [-0.2, -0.15) is 0 Å². The van der Waals surface area contributed by atoms with Crippen molar-refractivity contribution in [2.45, 2.75) is 18.9 Å². The van der Waals surface area contributed by atoms with Gasteiger partial charge in [0.15, 0.2) is 0 Å². The third kappa shape index (κ3) is 10.5. The second kappa shape index (κ2) is 15.2. The fraction of sp³-hybridized carbons (Fsp3) is 0.381. The van der Waals surface area contributed by atoms with Crippen LogP contribution in [0.1, 0.15) is 12.8 Å². The number of carbonyl (C=O) groups is 2. The van der Waals surface area contributed by atoms with E-state index in [0.29, 0.717) is 42.1 Å². The van der Waals surface area contributed by atoms with Crippen LogP contribution < -0.4 is 33.0 Å². The molecule has 1 saturated heterocycles. The number of aliphatic hydroxyl groups excluding tert-OH is 1. The van der Waals surface area contributed by atoms with Crippen LogP contribution in [0.3, 0.4) is 0 Å². The number of nitrogens with zero attached hydrogens (tertiary/aromatic N) is 2. The first-order valence-electron chi connectivity index (χ1n) is 10.2. The maximum Gasteiger partial charge on any atom is 0.295 e. The zero-order valence-electron chi connectivity index (χ0n) is 18.6. The Hall–Kier alpha value is -3.61. The number of para-hydroxylation sites is 2. The van der Waals surface area contributed by atoms with Gasteiger partial charge in [-0.1, -0.05) is 12.1 Å². The highest BCUT2D eigenvalue weighted by atomic mass is 16.7. The number of pyridine rings is 1. The van der Waals surface area contributed by atoms with Crippen LogP contribution in [0.25, 0.3) is 0 Å². The summed E-state index contributed by atoms with van der Waals surface area (Å²) in [4.78, 5) is 26.6. The number of nitrogens with two attached hydrogens (primary N) is 4. The number of anilines is 4. The van der Waals surface area contributed by atoms with E-state index in [9.17, 15) is 9.59 Å². The molecule has 0 spiro atoms. The Kier molecular flexibility index (Phi) is 12.7. The van der Waals surface area contributed by atoms with Gasteiger partial charge in [0.25, 0.3) is 6.47 Å². The minimum Gasteiger partial charge on any atom is -0.455 e. The number of carbonyl (C=O) groups excluding carboxylic acids is 2. The Morgan fingerprint density at radius 3 is 2.48 bits per heavy atom. The molecule has 33 heavy (non-hydrogen) atoms. The van der Waals surface area contributed by atoms with E-state index in [0.717, 1.165) is 6.54 Å². The van der Waals surface area contributed by atoms with Crippen LogP contribution in [-0.2, 0) is 14.3 Å². The van der Waals surface area contributed by atoms with E-state index in [1.807, 2.05) is 0 Å². The van der Waals surface area contributed by atoms with E-state index in [4.69, 9.17) is 32.8 Å². The summed E-state index contributed by atoms with van der Waals surface area (Å²) in [5, 5.41) is 11.1. The number of aromatic nitrogens is 1. The lowest BCUT2D eigenvalue weighted by Crippen LogP contribution is -2.27. The first-order valence-corrected chi connectivity index (χ1v) is 10.2. The lowest BCUT2D eigenvalue weighted by molar-refractivity contribution is -0.134. The Bertz CT molecular complexity index is 869. The number of benzene rings is 1. The number of hydrogen-bond acceptors (Lipinski definition) is 11. The first kappa shape index (κ1) is 27.4. The summed E-state index contributed by atoms with van der Waals surface area (Å²) in [6.45, 7) is 1.60. The topological polar surface area (TPSA) is 205 Å². The lowest BCUT2D eigenvalue weighted by Gasteiger charge is -2.15. The second-order valence-electron chi connectivity index (χ2n) is 6.95. The predicted octanol–water partition coefficient (Wildman–Crippen LogP) is -0.00580. The van der Waals surface area contributed by atoms with E-state index in [1.165, 1.54) is 12.8 Å². The number of rotatable bonds is 7. The average Bonchev–Trinajstić information content (AvgIpc) is 3.23. The van der Waals surface area contributed by atoms with Crippen molar-refractivity contribution in [3.8, 4) is 5.75 Å². The van der Waals surface area contributed by atoms with Crippen LogP contribution in [0, 0.1) is 0 Å². The SMILES string of the molecule is CN1CCCC1CO.NCC(=O)Nc1ccc(N)c(N)n1.Nc1ccccc1OCOC=O. The maximum absolute atomic E-state index is 10.8. The highest BCUT2D eigenvalue weighted by Gasteiger charge is 2.18. The molecule has 1 aromatic carbocycles. The standard InChI is InChI=1S/C8H9NO3.C7H11N5O.C6H13NO/c9-7-3-1-2-4-8(7)12-6-11-5-10;8-3-6(13)11-5-2-1-4(9)7(10)12-5;1-7-4-2-3-6(7)5-8/h1-5H,6,9H2;1-2H,3,8-9H2,(H3,10,11,12,13);6,8H,2-5H2,1H3. The minimum absolute atomic E-state index is 0.0913. The molecule has 12 nitrogen and oxygen atoms in total. The molecular weight excluding hydrogens is 430 g/mol. The van der Waals surface area contributed by atoms with Crippen molar-refractivity contribution in [3.05, 3.63) is 36.4 Å². The number of nitrogens with one attached hydrogen (secondary N) is 1. The smallest absolute Gasteiger partial charge is 0.295 e. The molecule has 1 amide bonds. The molecule has 2 heterocycles. The molecule has 1 unspecified atom stereocenters. The Morgan fingerprint density at radius 2 is 1.97 bits per heavy atom. The van der Waals surface area contributed by atoms with Gasteiger partial charge >= 0.3 is 0 Å². The molecule has 1 aromatic heterocycles. The summed E-state index contributed by atoms with van der Waals surface area (Å²) in [5.41, 5.74) is 22.4. The van der Waals surface area contributed by atoms with Gasteiger partial charge in [0.1, 0.15) is 17.4 Å². The minimum atomic E-state index is -0.323.